The average molecular weight is 281 g/mol. The lowest BCUT2D eigenvalue weighted by atomic mass is 9.96. The Hall–Kier alpha value is -2.93. The smallest absolute Gasteiger partial charge is 0.0702 e. The van der Waals surface area contributed by atoms with Crippen molar-refractivity contribution in [2.75, 3.05) is 0 Å². The van der Waals surface area contributed by atoms with Crippen LogP contribution in [-0.4, -0.2) is 4.98 Å². The Morgan fingerprint density at radius 2 is 1.36 bits per heavy atom. The van der Waals surface area contributed by atoms with Gasteiger partial charge in [0, 0.05) is 11.8 Å². The quantitative estimate of drug-likeness (QED) is 0.468. The Morgan fingerprint density at radius 3 is 2.27 bits per heavy atom. The molecule has 4 rings (SSSR count). The molecule has 0 aliphatic carbocycles. The van der Waals surface area contributed by atoms with Crippen LogP contribution in [0.3, 0.4) is 0 Å². The lowest BCUT2D eigenvalue weighted by molar-refractivity contribution is 1.33. The fourth-order valence-corrected chi connectivity index (χ4v) is 2.86. The van der Waals surface area contributed by atoms with Crippen LogP contribution in [0.5, 0.6) is 0 Å². The first-order chi connectivity index (χ1) is 10.9. The first-order valence-corrected chi connectivity index (χ1v) is 7.41. The molecule has 0 N–H and O–H groups in total. The molecular weight excluding hydrogens is 266 g/mol. The maximum absolute atomic E-state index is 4.45. The van der Waals surface area contributed by atoms with Crippen LogP contribution in [0.15, 0.2) is 91.1 Å². The van der Waals surface area contributed by atoms with E-state index in [1.54, 1.807) is 0 Å². The average Bonchev–Trinajstić information content (AvgIpc) is 2.62. The molecule has 3 aromatic carbocycles. The van der Waals surface area contributed by atoms with E-state index in [2.05, 4.69) is 71.7 Å². The second-order valence-electron chi connectivity index (χ2n) is 5.32. The number of hydrogen-bond acceptors (Lipinski definition) is 1. The van der Waals surface area contributed by atoms with Crippen molar-refractivity contribution in [2.24, 2.45) is 0 Å². The van der Waals surface area contributed by atoms with Gasteiger partial charge in [0.1, 0.15) is 0 Å². The molecule has 4 aromatic rings. The van der Waals surface area contributed by atoms with Crippen molar-refractivity contribution in [1.29, 1.82) is 0 Å². The highest BCUT2D eigenvalue weighted by molar-refractivity contribution is 5.97. The molecule has 22 heavy (non-hydrogen) atoms. The van der Waals surface area contributed by atoms with Crippen molar-refractivity contribution in [3.8, 4) is 22.4 Å². The number of nitrogens with zero attached hydrogens (tertiary/aromatic N) is 1. The molecule has 1 aromatic heterocycles. The molecule has 0 atom stereocenters. The fraction of sp³-hybridized carbons (Fsp3) is 0. The van der Waals surface area contributed by atoms with Gasteiger partial charge in [-0.15, -0.1) is 0 Å². The lowest BCUT2D eigenvalue weighted by Crippen LogP contribution is -1.85. The van der Waals surface area contributed by atoms with Crippen molar-refractivity contribution in [3.05, 3.63) is 91.1 Å². The largest absolute Gasteiger partial charge is 0.256 e. The zero-order valence-corrected chi connectivity index (χ0v) is 12.1. The third-order valence-corrected chi connectivity index (χ3v) is 3.92. The molecule has 0 unspecified atom stereocenters. The molecule has 1 heteroatoms. The fourth-order valence-electron chi connectivity index (χ4n) is 2.86. The van der Waals surface area contributed by atoms with Gasteiger partial charge in [-0.3, -0.25) is 4.98 Å². The van der Waals surface area contributed by atoms with Crippen LogP contribution < -0.4 is 0 Å². The van der Waals surface area contributed by atoms with Crippen molar-refractivity contribution in [2.45, 2.75) is 0 Å². The van der Waals surface area contributed by atoms with Crippen LogP contribution in [0, 0.1) is 0 Å². The Bertz CT molecular complexity index is 921. The highest BCUT2D eigenvalue weighted by Crippen LogP contribution is 2.30. The minimum Gasteiger partial charge on any atom is -0.256 e. The highest BCUT2D eigenvalue weighted by Gasteiger charge is 2.05. The normalized spacial score (nSPS) is 10.7. The van der Waals surface area contributed by atoms with Gasteiger partial charge in [0.15, 0.2) is 0 Å². The van der Waals surface area contributed by atoms with Gasteiger partial charge in [-0.1, -0.05) is 66.7 Å². The molecule has 0 fully saturated rings. The van der Waals surface area contributed by atoms with E-state index in [1.165, 1.54) is 21.9 Å². The molecule has 0 aliphatic rings. The predicted octanol–water partition coefficient (Wildman–Crippen LogP) is 5.57. The molecule has 1 heterocycles. The molecule has 0 bridgehead atoms. The standard InChI is InChI=1S/C21H15N/c1-2-11-19-16(7-1)8-6-12-20(19)17-9-5-10-18(15-17)21-13-3-4-14-22-21/h1-15H. The molecule has 0 amide bonds. The Balaban J connectivity index is 1.89. The third-order valence-electron chi connectivity index (χ3n) is 3.92. The van der Waals surface area contributed by atoms with Crippen LogP contribution in [0.1, 0.15) is 0 Å². The molecule has 0 aliphatic heterocycles. The number of rotatable bonds is 2. The summed E-state index contributed by atoms with van der Waals surface area (Å²) in [7, 11) is 0. The van der Waals surface area contributed by atoms with Crippen molar-refractivity contribution in [3.63, 3.8) is 0 Å². The zero-order valence-electron chi connectivity index (χ0n) is 12.1. The minimum absolute atomic E-state index is 1.00. The van der Waals surface area contributed by atoms with Crippen LogP contribution in [0.4, 0.5) is 0 Å². The summed E-state index contributed by atoms with van der Waals surface area (Å²) in [4.78, 5) is 4.45. The van der Waals surface area contributed by atoms with Crippen LogP contribution in [-0.2, 0) is 0 Å². The SMILES string of the molecule is c1ccc(-c2cccc(-c3cccc4ccccc34)c2)nc1. The van der Waals surface area contributed by atoms with E-state index in [1.807, 2.05) is 24.4 Å². The summed E-state index contributed by atoms with van der Waals surface area (Å²) in [5.74, 6) is 0. The van der Waals surface area contributed by atoms with Gasteiger partial charge in [0.25, 0.3) is 0 Å². The van der Waals surface area contributed by atoms with Crippen LogP contribution in [0.25, 0.3) is 33.2 Å². The summed E-state index contributed by atoms with van der Waals surface area (Å²) < 4.78 is 0. The first kappa shape index (κ1) is 12.8. The molecule has 104 valence electrons. The highest BCUT2D eigenvalue weighted by atomic mass is 14.7. The summed E-state index contributed by atoms with van der Waals surface area (Å²) in [6.45, 7) is 0. The molecule has 0 saturated heterocycles. The number of pyridine rings is 1. The second-order valence-corrected chi connectivity index (χ2v) is 5.32. The van der Waals surface area contributed by atoms with E-state index in [0.717, 1.165) is 11.3 Å². The van der Waals surface area contributed by atoms with Gasteiger partial charge in [-0.2, -0.15) is 0 Å². The number of benzene rings is 3. The predicted molar refractivity (Wildman–Crippen MR) is 92.6 cm³/mol. The molecule has 0 spiro atoms. The van der Waals surface area contributed by atoms with Gasteiger partial charge in [-0.05, 0) is 40.1 Å². The monoisotopic (exact) mass is 281 g/mol. The van der Waals surface area contributed by atoms with E-state index in [-0.39, 0.29) is 0 Å². The Morgan fingerprint density at radius 1 is 0.591 bits per heavy atom. The van der Waals surface area contributed by atoms with Gasteiger partial charge in [-0.25, -0.2) is 0 Å². The van der Waals surface area contributed by atoms with E-state index < -0.39 is 0 Å². The maximum atomic E-state index is 4.45. The zero-order chi connectivity index (χ0) is 14.8. The van der Waals surface area contributed by atoms with Gasteiger partial charge in [0.2, 0.25) is 0 Å². The van der Waals surface area contributed by atoms with Crippen molar-refractivity contribution >= 4 is 10.8 Å². The minimum atomic E-state index is 1.00. The summed E-state index contributed by atoms with van der Waals surface area (Å²) in [6, 6.07) is 29.5. The first-order valence-electron chi connectivity index (χ1n) is 7.41. The van der Waals surface area contributed by atoms with E-state index >= 15 is 0 Å². The number of fused-ring (bicyclic) bond motifs is 1. The summed E-state index contributed by atoms with van der Waals surface area (Å²) in [5, 5.41) is 2.55. The molecule has 0 radical (unpaired) electrons. The maximum Gasteiger partial charge on any atom is 0.0702 e. The van der Waals surface area contributed by atoms with Crippen molar-refractivity contribution < 1.29 is 0 Å². The Kier molecular flexibility index (Phi) is 3.17. The summed E-state index contributed by atoms with van der Waals surface area (Å²) in [5.41, 5.74) is 4.63. The topological polar surface area (TPSA) is 12.9 Å². The third kappa shape index (κ3) is 2.27. The van der Waals surface area contributed by atoms with E-state index in [4.69, 9.17) is 0 Å². The summed E-state index contributed by atoms with van der Waals surface area (Å²) in [6.07, 6.45) is 1.83. The molecule has 1 nitrogen and oxygen atoms in total. The molecule has 0 saturated carbocycles. The van der Waals surface area contributed by atoms with Gasteiger partial charge < -0.3 is 0 Å². The van der Waals surface area contributed by atoms with Crippen LogP contribution in [0.2, 0.25) is 0 Å². The summed E-state index contributed by atoms with van der Waals surface area (Å²) >= 11 is 0. The molecular formula is C21H15N. The lowest BCUT2D eigenvalue weighted by Gasteiger charge is -2.08. The van der Waals surface area contributed by atoms with Gasteiger partial charge in [0.05, 0.1) is 5.69 Å². The van der Waals surface area contributed by atoms with Crippen molar-refractivity contribution in [1.82, 2.24) is 4.98 Å². The number of hydrogen-bond donors (Lipinski definition) is 0. The second kappa shape index (κ2) is 5.45. The van der Waals surface area contributed by atoms with Crippen LogP contribution >= 0.6 is 0 Å². The number of aromatic nitrogens is 1. The van der Waals surface area contributed by atoms with E-state index in [9.17, 15) is 0 Å². The van der Waals surface area contributed by atoms with E-state index in [0.29, 0.717) is 0 Å². The van der Waals surface area contributed by atoms with Gasteiger partial charge >= 0.3 is 0 Å². The Labute approximate surface area is 129 Å².